The van der Waals surface area contributed by atoms with Crippen molar-refractivity contribution in [3.05, 3.63) is 96.8 Å². The number of rotatable bonds is 9. The minimum absolute atomic E-state index is 0.00760. The lowest BCUT2D eigenvalue weighted by atomic mass is 9.96. The molecule has 14 heteroatoms. The van der Waals surface area contributed by atoms with Crippen LogP contribution in [-0.4, -0.2) is 44.7 Å². The van der Waals surface area contributed by atoms with Crippen LogP contribution in [0.2, 0.25) is 5.02 Å². The summed E-state index contributed by atoms with van der Waals surface area (Å²) in [4.78, 5) is 46.5. The van der Waals surface area contributed by atoms with E-state index in [1.54, 1.807) is 19.2 Å². The van der Waals surface area contributed by atoms with E-state index in [0.717, 1.165) is 56.7 Å². The Morgan fingerprint density at radius 2 is 1.75 bits per heavy atom. The van der Waals surface area contributed by atoms with Gasteiger partial charge in [-0.2, -0.15) is 0 Å². The largest absolute Gasteiger partial charge is 0.481 e. The topological polar surface area (TPSA) is 132 Å². The lowest BCUT2D eigenvalue weighted by Gasteiger charge is -2.20. The molecule has 0 radical (unpaired) electrons. The number of amides is 1. The van der Waals surface area contributed by atoms with E-state index in [1.165, 1.54) is 14.1 Å². The zero-order valence-electron chi connectivity index (χ0n) is 28.4. The number of nitrogens with zero attached hydrogens (tertiary/aromatic N) is 4. The van der Waals surface area contributed by atoms with E-state index in [4.69, 9.17) is 21.3 Å². The number of pyridine rings is 2. The zero-order valence-corrected chi connectivity index (χ0v) is 29.2. The van der Waals surface area contributed by atoms with Gasteiger partial charge >= 0.3 is 5.69 Å². The highest BCUT2D eigenvalue weighted by Gasteiger charge is 2.30. The van der Waals surface area contributed by atoms with Crippen molar-refractivity contribution in [2.24, 2.45) is 14.1 Å². The number of aryl methyl sites for hydroxylation is 2. The summed E-state index contributed by atoms with van der Waals surface area (Å²) in [6.07, 6.45) is 0.132. The molecule has 5 aromatic rings. The molecule has 7 rings (SSSR count). The monoisotopic (exact) mass is 715 g/mol. The summed E-state index contributed by atoms with van der Waals surface area (Å²) in [6, 6.07) is 14.4. The van der Waals surface area contributed by atoms with E-state index in [2.05, 4.69) is 20.9 Å². The van der Waals surface area contributed by atoms with Gasteiger partial charge in [0.25, 0.3) is 12.0 Å². The van der Waals surface area contributed by atoms with Gasteiger partial charge in [-0.05, 0) is 61.1 Å². The van der Waals surface area contributed by atoms with Crippen molar-refractivity contribution in [2.45, 2.75) is 51.1 Å². The number of alkyl halides is 2. The van der Waals surface area contributed by atoms with Crippen molar-refractivity contribution in [2.75, 3.05) is 19.0 Å². The highest BCUT2D eigenvalue weighted by molar-refractivity contribution is 6.36. The molecule has 1 fully saturated rings. The molecule has 3 aromatic heterocycles. The number of anilines is 2. The number of aromatic nitrogens is 4. The van der Waals surface area contributed by atoms with Crippen LogP contribution < -0.4 is 31.9 Å². The van der Waals surface area contributed by atoms with Crippen molar-refractivity contribution in [3.8, 4) is 28.3 Å². The molecule has 3 N–H and O–H groups in total. The van der Waals surface area contributed by atoms with Gasteiger partial charge in [-0.1, -0.05) is 41.9 Å². The summed E-state index contributed by atoms with van der Waals surface area (Å²) < 4.78 is 35.8. The summed E-state index contributed by atoms with van der Waals surface area (Å²) in [6.45, 7) is 2.52. The number of methoxy groups -OCH3 is 1. The number of ether oxygens (including phenoxy) is 1. The summed E-state index contributed by atoms with van der Waals surface area (Å²) in [7, 11) is 4.35. The van der Waals surface area contributed by atoms with E-state index in [1.807, 2.05) is 37.3 Å². The van der Waals surface area contributed by atoms with Crippen molar-refractivity contribution < 1.29 is 18.3 Å². The number of hydrogen-bond donors (Lipinski definition) is 3. The van der Waals surface area contributed by atoms with Crippen LogP contribution in [0.5, 0.6) is 5.88 Å². The summed E-state index contributed by atoms with van der Waals surface area (Å²) in [5.41, 5.74) is 4.39. The van der Waals surface area contributed by atoms with E-state index >= 15 is 0 Å². The van der Waals surface area contributed by atoms with Crippen molar-refractivity contribution in [1.29, 1.82) is 0 Å². The highest BCUT2D eigenvalue weighted by atomic mass is 35.5. The average Bonchev–Trinajstić information content (AvgIpc) is 3.74. The summed E-state index contributed by atoms with van der Waals surface area (Å²) in [5, 5.41) is 10.2. The van der Waals surface area contributed by atoms with E-state index in [-0.39, 0.29) is 34.7 Å². The third-order valence-electron chi connectivity index (χ3n) is 9.90. The normalized spacial score (nSPS) is 16.9. The summed E-state index contributed by atoms with van der Waals surface area (Å²) >= 11 is 7.16. The van der Waals surface area contributed by atoms with Gasteiger partial charge in [0.1, 0.15) is 16.9 Å². The zero-order chi connectivity index (χ0) is 36.1. The number of nitrogens with one attached hydrogen (secondary N) is 3. The first-order valence-electron chi connectivity index (χ1n) is 16.6. The molecule has 2 aliphatic rings. The number of hydrogen-bond acceptors (Lipinski definition) is 8. The first-order valence-corrected chi connectivity index (χ1v) is 17.0. The number of halogens is 3. The molecule has 0 saturated carbocycles. The van der Waals surface area contributed by atoms with Gasteiger partial charge in [-0.25, -0.2) is 23.5 Å². The Balaban J connectivity index is 1.24. The maximum absolute atomic E-state index is 14.0. The van der Waals surface area contributed by atoms with E-state index in [9.17, 15) is 23.2 Å². The van der Waals surface area contributed by atoms with Crippen LogP contribution in [0.25, 0.3) is 33.3 Å². The first kappa shape index (κ1) is 34.3. The lowest BCUT2D eigenvalue weighted by molar-refractivity contribution is -0.119. The second-order valence-corrected chi connectivity index (χ2v) is 13.3. The van der Waals surface area contributed by atoms with E-state index in [0.29, 0.717) is 46.4 Å². The smallest absolute Gasteiger partial charge is 0.330 e. The van der Waals surface area contributed by atoms with Gasteiger partial charge in [-0.3, -0.25) is 18.7 Å². The molecule has 51 heavy (non-hydrogen) atoms. The molecular formula is C37H36ClF2N7O4. The summed E-state index contributed by atoms with van der Waals surface area (Å²) in [5.74, 6) is 0.516. The molecule has 1 aliphatic heterocycles. The van der Waals surface area contributed by atoms with Crippen molar-refractivity contribution >= 4 is 39.9 Å². The minimum Gasteiger partial charge on any atom is -0.481 e. The molecule has 1 saturated heterocycles. The lowest BCUT2D eigenvalue weighted by Crippen LogP contribution is -2.37. The number of carbonyl (C=O) groups excluding carboxylic acids is 1. The van der Waals surface area contributed by atoms with E-state index < -0.39 is 23.4 Å². The predicted molar refractivity (Wildman–Crippen MR) is 192 cm³/mol. The van der Waals surface area contributed by atoms with Crippen LogP contribution >= 0.6 is 11.6 Å². The van der Waals surface area contributed by atoms with Gasteiger partial charge in [-0.15, -0.1) is 0 Å². The molecular weight excluding hydrogens is 680 g/mol. The van der Waals surface area contributed by atoms with Gasteiger partial charge in [0, 0.05) is 61.5 Å². The standard InChI is InChI=1S/C37H36ClF2N7O4/c1-18-21(7-6-10-24(18)43-34-31-28(16-27(44-34)33(39)40)46(2)37(50)47(3)36(31)49)22-8-5-9-23(32(22)38)26-15-19-11-13-25(30(19)35(45-26)51-4)41-17-20-12-14-29(48)42-20/h5-10,15-16,20,25,33,41H,11-14,17H2,1-4H3,(H,42,48)(H,43,44). The van der Waals surface area contributed by atoms with Crippen LogP contribution in [0.15, 0.2) is 58.1 Å². The van der Waals surface area contributed by atoms with Gasteiger partial charge in [0.2, 0.25) is 11.8 Å². The van der Waals surface area contributed by atoms with Gasteiger partial charge in [0.15, 0.2) is 0 Å². The van der Waals surface area contributed by atoms with Gasteiger partial charge in [0.05, 0.1) is 23.3 Å². The Hall–Kier alpha value is -5.14. The number of benzene rings is 2. The van der Waals surface area contributed by atoms with Crippen molar-refractivity contribution in [1.82, 2.24) is 29.7 Å². The second-order valence-electron chi connectivity index (χ2n) is 13.0. The minimum atomic E-state index is -2.93. The van der Waals surface area contributed by atoms with Crippen molar-refractivity contribution in [3.63, 3.8) is 0 Å². The van der Waals surface area contributed by atoms with Crippen LogP contribution in [-0.2, 0) is 25.3 Å². The molecule has 2 aromatic carbocycles. The Labute approximate surface area is 296 Å². The molecule has 4 heterocycles. The fraction of sp³-hybridized carbons (Fsp3) is 0.324. The van der Waals surface area contributed by atoms with Crippen LogP contribution in [0, 0.1) is 6.92 Å². The molecule has 1 aliphatic carbocycles. The maximum Gasteiger partial charge on any atom is 0.330 e. The highest BCUT2D eigenvalue weighted by Crippen LogP contribution is 2.43. The van der Waals surface area contributed by atoms with Gasteiger partial charge < -0.3 is 20.7 Å². The Morgan fingerprint density at radius 3 is 2.47 bits per heavy atom. The quantitative estimate of drug-likeness (QED) is 0.173. The Bertz CT molecular complexity index is 2340. The van der Waals surface area contributed by atoms with Crippen LogP contribution in [0.3, 0.4) is 0 Å². The fourth-order valence-electron chi connectivity index (χ4n) is 7.16. The fourth-order valence-corrected chi connectivity index (χ4v) is 7.48. The predicted octanol–water partition coefficient (Wildman–Crippen LogP) is 5.87. The molecule has 2 unspecified atom stereocenters. The second kappa shape index (κ2) is 13.5. The number of carbonyl (C=O) groups is 1. The third kappa shape index (κ3) is 6.14. The molecule has 2 atom stereocenters. The number of fused-ring (bicyclic) bond motifs is 2. The molecule has 264 valence electrons. The molecule has 0 spiro atoms. The average molecular weight is 716 g/mol. The molecule has 1 amide bonds. The Morgan fingerprint density at radius 1 is 1.00 bits per heavy atom. The molecule has 11 nitrogen and oxygen atoms in total. The van der Waals surface area contributed by atoms with Crippen LogP contribution in [0.1, 0.15) is 54.1 Å². The SMILES string of the molecule is COc1nc(-c2cccc(-c3cccc(Nc4nc(C(F)F)cc5c4c(=O)n(C)c(=O)n5C)c3C)c2Cl)cc2c1C(NCC1CCC(=O)N1)CC2. The van der Waals surface area contributed by atoms with Crippen LogP contribution in [0.4, 0.5) is 20.3 Å². The first-order chi connectivity index (χ1) is 24.5. The molecule has 0 bridgehead atoms. The third-order valence-corrected chi connectivity index (χ3v) is 10.3. The Kier molecular flexibility index (Phi) is 9.10. The maximum atomic E-state index is 14.0.